The van der Waals surface area contributed by atoms with Crippen LogP contribution in [0.15, 0.2) is 14.4 Å². The van der Waals surface area contributed by atoms with Gasteiger partial charge in [0, 0.05) is 19.6 Å². The monoisotopic (exact) mass is 423 g/mol. The van der Waals surface area contributed by atoms with Gasteiger partial charge in [0.25, 0.3) is 0 Å². The lowest BCUT2D eigenvalue weighted by Crippen LogP contribution is -2.56. The fraction of sp³-hybridized carbons (Fsp3) is 0.857. The van der Waals surface area contributed by atoms with Crippen LogP contribution in [-0.4, -0.2) is 51.8 Å². The van der Waals surface area contributed by atoms with Crippen LogP contribution in [0.4, 0.5) is 0 Å². The number of hydrogen-bond acceptors (Lipinski definition) is 6. The molecule has 0 saturated carbocycles. The maximum absolute atomic E-state index is 13.1. The molecule has 30 heavy (non-hydrogen) atoms. The first-order valence-corrected chi connectivity index (χ1v) is 11.1. The molecule has 0 bridgehead atoms. The van der Waals surface area contributed by atoms with Crippen LogP contribution in [0.5, 0.6) is 0 Å². The summed E-state index contributed by atoms with van der Waals surface area (Å²) >= 11 is 0. The van der Waals surface area contributed by atoms with Crippen molar-refractivity contribution in [3.63, 3.8) is 0 Å². The number of ether oxygens (including phenoxy) is 3. The fourth-order valence-electron chi connectivity index (χ4n) is 4.27. The van der Waals surface area contributed by atoms with Crippen LogP contribution >= 0.6 is 0 Å². The molecule has 4 heterocycles. The number of nitrogens with zero attached hydrogens (tertiary/aromatic N) is 3. The minimum absolute atomic E-state index is 0.108. The van der Waals surface area contributed by atoms with E-state index >= 15 is 0 Å². The molecule has 3 saturated heterocycles. The van der Waals surface area contributed by atoms with Crippen LogP contribution in [0.25, 0.3) is 0 Å². The Kier molecular flexibility index (Phi) is 6.31. The quantitative estimate of drug-likeness (QED) is 0.452. The van der Waals surface area contributed by atoms with Crippen molar-refractivity contribution >= 4 is 0 Å². The minimum Gasteiger partial charge on any atom is -0.373 e. The van der Waals surface area contributed by atoms with Gasteiger partial charge in [-0.15, -0.1) is 0 Å². The summed E-state index contributed by atoms with van der Waals surface area (Å²) in [6.07, 6.45) is 3.07. The molecule has 3 fully saturated rings. The molecule has 1 aromatic rings. The van der Waals surface area contributed by atoms with Crippen molar-refractivity contribution in [3.05, 3.63) is 31.5 Å². The first-order valence-electron chi connectivity index (χ1n) is 11.1. The van der Waals surface area contributed by atoms with Crippen LogP contribution in [0.2, 0.25) is 0 Å². The molecule has 0 aromatic carbocycles. The Labute approximate surface area is 175 Å². The highest BCUT2D eigenvalue weighted by Crippen LogP contribution is 2.21. The van der Waals surface area contributed by atoms with Crippen LogP contribution in [-0.2, 0) is 33.8 Å². The Balaban J connectivity index is 1.62. The van der Waals surface area contributed by atoms with E-state index in [-0.39, 0.29) is 55.7 Å². The molecule has 0 aliphatic carbocycles. The van der Waals surface area contributed by atoms with Gasteiger partial charge in [-0.3, -0.25) is 0 Å². The Morgan fingerprint density at radius 1 is 0.633 bits per heavy atom. The van der Waals surface area contributed by atoms with Gasteiger partial charge in [0.1, 0.15) is 0 Å². The van der Waals surface area contributed by atoms with E-state index in [0.717, 1.165) is 39.1 Å². The molecular formula is C21H33N3O6. The predicted molar refractivity (Wildman–Crippen MR) is 110 cm³/mol. The van der Waals surface area contributed by atoms with Gasteiger partial charge in [-0.05, 0) is 37.0 Å². The predicted octanol–water partition coefficient (Wildman–Crippen LogP) is 0.447. The third kappa shape index (κ3) is 5.50. The highest BCUT2D eigenvalue weighted by atomic mass is 16.6. The van der Waals surface area contributed by atoms with E-state index in [4.69, 9.17) is 14.2 Å². The zero-order valence-electron chi connectivity index (χ0n) is 18.1. The summed E-state index contributed by atoms with van der Waals surface area (Å²) in [4.78, 5) is 39.4. The molecule has 6 unspecified atom stereocenters. The summed E-state index contributed by atoms with van der Waals surface area (Å²) in [7, 11) is 0. The molecule has 0 amide bonds. The first-order chi connectivity index (χ1) is 14.3. The number of aromatic nitrogens is 3. The second kappa shape index (κ2) is 8.80. The molecule has 3 aliphatic heterocycles. The lowest BCUT2D eigenvalue weighted by Gasteiger charge is -2.19. The largest absolute Gasteiger partial charge is 0.373 e. The summed E-state index contributed by atoms with van der Waals surface area (Å²) in [5.41, 5.74) is -1.52. The lowest BCUT2D eigenvalue weighted by atomic mass is 10.1. The Morgan fingerprint density at radius 2 is 0.867 bits per heavy atom. The van der Waals surface area contributed by atoms with Gasteiger partial charge in [0.05, 0.1) is 38.1 Å². The highest BCUT2D eigenvalue weighted by molar-refractivity contribution is 4.84. The molecule has 9 heteroatoms. The Morgan fingerprint density at radius 3 is 1.07 bits per heavy atom. The van der Waals surface area contributed by atoms with Crippen molar-refractivity contribution in [3.8, 4) is 0 Å². The zero-order chi connectivity index (χ0) is 21.4. The van der Waals surface area contributed by atoms with Gasteiger partial charge in [-0.25, -0.2) is 28.1 Å². The van der Waals surface area contributed by atoms with Crippen LogP contribution in [0.1, 0.15) is 40.0 Å². The molecule has 9 nitrogen and oxygen atoms in total. The minimum atomic E-state index is -0.508. The summed E-state index contributed by atoms with van der Waals surface area (Å²) in [6, 6.07) is 0. The van der Waals surface area contributed by atoms with Crippen LogP contribution in [0.3, 0.4) is 0 Å². The molecule has 3 aliphatic rings. The van der Waals surface area contributed by atoms with Gasteiger partial charge in [0.15, 0.2) is 0 Å². The summed E-state index contributed by atoms with van der Waals surface area (Å²) in [5, 5.41) is 0. The topological polar surface area (TPSA) is 104 Å². The number of epoxide rings is 3. The van der Waals surface area contributed by atoms with E-state index < -0.39 is 17.1 Å². The van der Waals surface area contributed by atoms with Crippen molar-refractivity contribution in [1.82, 2.24) is 13.7 Å². The standard InChI is InChI=1S/C21H33N3O6/c1-13(4-16-10-28-16)7-22-19(25)23(8-14(2)5-17-11-29-17)21(27)24(20(22)26)9-15(3)6-18-12-30-18/h13-18H,4-12H2,1-3H3. The maximum atomic E-state index is 13.1. The SMILES string of the molecule is CC(CC1CO1)Cn1c(=O)n(CC(C)CC2CO2)c(=O)n(CC(C)CC2CO2)c1=O. The van der Waals surface area contributed by atoms with Crippen LogP contribution in [0, 0.1) is 17.8 Å². The van der Waals surface area contributed by atoms with Gasteiger partial charge in [-0.2, -0.15) is 0 Å². The summed E-state index contributed by atoms with van der Waals surface area (Å²) in [6.45, 7) is 9.11. The molecular weight excluding hydrogens is 390 g/mol. The smallest absolute Gasteiger partial charge is 0.336 e. The van der Waals surface area contributed by atoms with Crippen LogP contribution < -0.4 is 17.1 Å². The molecule has 4 rings (SSSR count). The summed E-state index contributed by atoms with van der Waals surface area (Å²) in [5.74, 6) is 0.325. The molecule has 0 N–H and O–H groups in total. The number of hydrogen-bond donors (Lipinski definition) is 0. The lowest BCUT2D eigenvalue weighted by molar-refractivity contribution is 0.297. The van der Waals surface area contributed by atoms with E-state index in [0.29, 0.717) is 0 Å². The van der Waals surface area contributed by atoms with Crippen molar-refractivity contribution in [2.24, 2.45) is 17.8 Å². The Bertz CT molecular complexity index is 773. The summed E-state index contributed by atoms with van der Waals surface area (Å²) < 4.78 is 19.6. The normalized spacial score (nSPS) is 27.5. The van der Waals surface area contributed by atoms with Gasteiger partial charge in [0.2, 0.25) is 0 Å². The third-order valence-corrected chi connectivity index (χ3v) is 6.07. The maximum Gasteiger partial charge on any atom is 0.336 e. The van der Waals surface area contributed by atoms with Crippen molar-refractivity contribution in [1.29, 1.82) is 0 Å². The molecule has 1 aromatic heterocycles. The Hall–Kier alpha value is -1.71. The molecule has 0 radical (unpaired) electrons. The van der Waals surface area contributed by atoms with Gasteiger partial charge >= 0.3 is 17.1 Å². The van der Waals surface area contributed by atoms with Crippen molar-refractivity contribution in [2.75, 3.05) is 19.8 Å². The van der Waals surface area contributed by atoms with E-state index in [2.05, 4.69) is 0 Å². The molecule has 6 atom stereocenters. The third-order valence-electron chi connectivity index (χ3n) is 6.07. The molecule has 0 spiro atoms. The average molecular weight is 424 g/mol. The van der Waals surface area contributed by atoms with E-state index in [1.165, 1.54) is 13.7 Å². The van der Waals surface area contributed by atoms with E-state index in [1.807, 2.05) is 20.8 Å². The second-order valence-corrected chi connectivity index (χ2v) is 9.57. The highest BCUT2D eigenvalue weighted by Gasteiger charge is 2.29. The van der Waals surface area contributed by atoms with E-state index in [9.17, 15) is 14.4 Å². The van der Waals surface area contributed by atoms with Gasteiger partial charge < -0.3 is 14.2 Å². The average Bonchev–Trinajstić information content (AvgIpc) is 3.48. The first kappa shape index (κ1) is 21.5. The van der Waals surface area contributed by atoms with Crippen molar-refractivity contribution < 1.29 is 14.2 Å². The van der Waals surface area contributed by atoms with E-state index in [1.54, 1.807) is 0 Å². The zero-order valence-corrected chi connectivity index (χ0v) is 18.1. The second-order valence-electron chi connectivity index (χ2n) is 9.57. The molecule has 168 valence electrons. The van der Waals surface area contributed by atoms with Gasteiger partial charge in [-0.1, -0.05) is 20.8 Å². The number of rotatable bonds is 12. The fourth-order valence-corrected chi connectivity index (χ4v) is 4.27. The van der Waals surface area contributed by atoms with Crippen molar-refractivity contribution in [2.45, 2.75) is 78.0 Å².